The van der Waals surface area contributed by atoms with Crippen LogP contribution >= 0.6 is 11.3 Å². The monoisotopic (exact) mass is 220 g/mol. The Labute approximate surface area is 92.4 Å². The molecule has 0 spiro atoms. The van der Waals surface area contributed by atoms with Gasteiger partial charge in [0.1, 0.15) is 11.3 Å². The highest BCUT2D eigenvalue weighted by molar-refractivity contribution is 7.09. The van der Waals surface area contributed by atoms with E-state index in [-0.39, 0.29) is 6.04 Å². The van der Waals surface area contributed by atoms with Crippen LogP contribution in [0.5, 0.6) is 0 Å². The molecule has 0 aliphatic carbocycles. The molecule has 15 heavy (non-hydrogen) atoms. The summed E-state index contributed by atoms with van der Waals surface area (Å²) in [7, 11) is 0. The van der Waals surface area contributed by atoms with E-state index in [0.29, 0.717) is 0 Å². The zero-order valence-electron chi connectivity index (χ0n) is 8.42. The number of thiazole rings is 1. The highest BCUT2D eigenvalue weighted by Gasteiger charge is 2.06. The zero-order valence-corrected chi connectivity index (χ0v) is 9.24. The Morgan fingerprint density at radius 3 is 2.87 bits per heavy atom. The van der Waals surface area contributed by atoms with E-state index < -0.39 is 0 Å². The van der Waals surface area contributed by atoms with Crippen LogP contribution in [0.4, 0.5) is 0 Å². The molecular weight excluding hydrogens is 208 g/mol. The molecule has 0 aliphatic rings. The van der Waals surface area contributed by atoms with E-state index in [1.165, 1.54) is 6.33 Å². The van der Waals surface area contributed by atoms with Crippen molar-refractivity contribution in [2.45, 2.75) is 19.5 Å². The number of hydrogen-bond acceptors (Lipinski definition) is 5. The molecule has 0 aliphatic heterocycles. The van der Waals surface area contributed by atoms with Crippen LogP contribution in [0.2, 0.25) is 0 Å². The van der Waals surface area contributed by atoms with E-state index in [2.05, 4.69) is 27.2 Å². The van der Waals surface area contributed by atoms with Crippen molar-refractivity contribution in [2.24, 2.45) is 0 Å². The lowest BCUT2D eigenvalue weighted by molar-refractivity contribution is 0.570. The Morgan fingerprint density at radius 1 is 1.40 bits per heavy atom. The maximum absolute atomic E-state index is 4.25. The summed E-state index contributed by atoms with van der Waals surface area (Å²) in [6, 6.07) is 0.269. The van der Waals surface area contributed by atoms with Gasteiger partial charge in [-0.05, 0) is 6.92 Å². The van der Waals surface area contributed by atoms with Crippen molar-refractivity contribution < 1.29 is 0 Å². The molecule has 2 aromatic rings. The molecule has 1 N–H and O–H groups in total. The smallest absolute Gasteiger partial charge is 0.115 e. The number of hydrogen-bond donors (Lipinski definition) is 1. The largest absolute Gasteiger partial charge is 0.304 e. The van der Waals surface area contributed by atoms with Gasteiger partial charge in [0, 0.05) is 36.1 Å². The van der Waals surface area contributed by atoms with Gasteiger partial charge in [-0.2, -0.15) is 0 Å². The fraction of sp³-hybridized carbons (Fsp3) is 0.300. The van der Waals surface area contributed by atoms with E-state index in [9.17, 15) is 0 Å². The third kappa shape index (κ3) is 2.81. The molecule has 0 bridgehead atoms. The summed E-state index contributed by atoms with van der Waals surface area (Å²) < 4.78 is 0. The fourth-order valence-electron chi connectivity index (χ4n) is 1.23. The average molecular weight is 220 g/mol. The number of rotatable bonds is 4. The van der Waals surface area contributed by atoms with Crippen molar-refractivity contribution in [1.29, 1.82) is 0 Å². The summed E-state index contributed by atoms with van der Waals surface area (Å²) in [5.74, 6) is 0. The van der Waals surface area contributed by atoms with Crippen LogP contribution in [-0.2, 0) is 6.54 Å². The van der Waals surface area contributed by atoms with Gasteiger partial charge in [-0.1, -0.05) is 0 Å². The highest BCUT2D eigenvalue weighted by atomic mass is 32.1. The molecule has 5 heteroatoms. The van der Waals surface area contributed by atoms with Gasteiger partial charge in [0.25, 0.3) is 0 Å². The normalized spacial score (nSPS) is 12.6. The highest BCUT2D eigenvalue weighted by Crippen LogP contribution is 2.14. The summed E-state index contributed by atoms with van der Waals surface area (Å²) in [5, 5.41) is 6.46. The molecule has 0 saturated carbocycles. The number of nitrogens with one attached hydrogen (secondary N) is 1. The third-order valence-electron chi connectivity index (χ3n) is 2.05. The number of nitrogens with zero attached hydrogens (tertiary/aromatic N) is 3. The molecule has 0 amide bonds. The van der Waals surface area contributed by atoms with Gasteiger partial charge in [-0.3, -0.25) is 0 Å². The maximum atomic E-state index is 4.25. The van der Waals surface area contributed by atoms with Crippen molar-refractivity contribution in [3.63, 3.8) is 0 Å². The molecule has 2 rings (SSSR count). The van der Waals surface area contributed by atoms with Crippen molar-refractivity contribution in [1.82, 2.24) is 20.3 Å². The first-order valence-corrected chi connectivity index (χ1v) is 5.61. The molecule has 0 aromatic carbocycles. The first-order chi connectivity index (χ1) is 7.36. The summed E-state index contributed by atoms with van der Waals surface area (Å²) in [4.78, 5) is 12.2. The quantitative estimate of drug-likeness (QED) is 0.853. The minimum absolute atomic E-state index is 0.269. The van der Waals surface area contributed by atoms with Crippen molar-refractivity contribution in [2.75, 3.05) is 0 Å². The van der Waals surface area contributed by atoms with Gasteiger partial charge in [-0.25, -0.2) is 15.0 Å². The van der Waals surface area contributed by atoms with Crippen LogP contribution in [0, 0.1) is 0 Å². The van der Waals surface area contributed by atoms with E-state index in [1.807, 2.05) is 24.0 Å². The summed E-state index contributed by atoms with van der Waals surface area (Å²) in [6.45, 7) is 2.87. The molecule has 0 saturated heterocycles. The molecule has 2 heterocycles. The van der Waals surface area contributed by atoms with Crippen LogP contribution in [0.1, 0.15) is 23.5 Å². The van der Waals surface area contributed by atoms with Gasteiger partial charge < -0.3 is 5.32 Å². The maximum Gasteiger partial charge on any atom is 0.115 e. The predicted octanol–water partition coefficient (Wildman–Crippen LogP) is 1.78. The summed E-state index contributed by atoms with van der Waals surface area (Å²) in [6.07, 6.45) is 6.99. The van der Waals surface area contributed by atoms with Crippen LogP contribution < -0.4 is 5.32 Å². The minimum atomic E-state index is 0.269. The lowest BCUT2D eigenvalue weighted by Gasteiger charge is -2.10. The Balaban J connectivity index is 1.89. The average Bonchev–Trinajstić information content (AvgIpc) is 2.81. The van der Waals surface area contributed by atoms with Crippen LogP contribution in [0.15, 0.2) is 30.3 Å². The first kappa shape index (κ1) is 10.2. The van der Waals surface area contributed by atoms with Gasteiger partial charge in [0.05, 0.1) is 6.04 Å². The Bertz CT molecular complexity index is 387. The van der Waals surface area contributed by atoms with E-state index in [0.717, 1.165) is 17.1 Å². The molecule has 0 fully saturated rings. The van der Waals surface area contributed by atoms with E-state index in [1.54, 1.807) is 11.3 Å². The van der Waals surface area contributed by atoms with Gasteiger partial charge >= 0.3 is 0 Å². The van der Waals surface area contributed by atoms with E-state index >= 15 is 0 Å². The summed E-state index contributed by atoms with van der Waals surface area (Å²) >= 11 is 1.66. The first-order valence-electron chi connectivity index (χ1n) is 4.73. The van der Waals surface area contributed by atoms with Gasteiger partial charge in [-0.15, -0.1) is 11.3 Å². The Morgan fingerprint density at radius 2 is 2.20 bits per heavy atom. The molecule has 1 unspecified atom stereocenters. The Hall–Kier alpha value is -1.33. The second kappa shape index (κ2) is 4.95. The summed E-state index contributed by atoms with van der Waals surface area (Å²) in [5.41, 5.74) is 1.08. The van der Waals surface area contributed by atoms with Gasteiger partial charge in [0.2, 0.25) is 0 Å². The zero-order chi connectivity index (χ0) is 10.5. The van der Waals surface area contributed by atoms with Gasteiger partial charge in [0.15, 0.2) is 0 Å². The van der Waals surface area contributed by atoms with Crippen LogP contribution in [-0.4, -0.2) is 15.0 Å². The lowest BCUT2D eigenvalue weighted by Crippen LogP contribution is -2.18. The molecular formula is C10H12N4S. The van der Waals surface area contributed by atoms with Crippen LogP contribution in [0.25, 0.3) is 0 Å². The molecule has 78 valence electrons. The Kier molecular flexibility index (Phi) is 3.37. The molecule has 0 radical (unpaired) electrons. The second-order valence-electron chi connectivity index (χ2n) is 3.22. The lowest BCUT2D eigenvalue weighted by atomic mass is 10.3. The SMILES string of the molecule is CC(NCc1cncnc1)c1nccs1. The molecule has 4 nitrogen and oxygen atoms in total. The van der Waals surface area contributed by atoms with Crippen molar-refractivity contribution in [3.05, 3.63) is 40.9 Å². The number of aromatic nitrogens is 3. The predicted molar refractivity (Wildman–Crippen MR) is 59.4 cm³/mol. The van der Waals surface area contributed by atoms with E-state index in [4.69, 9.17) is 0 Å². The molecule has 2 aromatic heterocycles. The van der Waals surface area contributed by atoms with Crippen molar-refractivity contribution in [3.8, 4) is 0 Å². The topological polar surface area (TPSA) is 50.7 Å². The van der Waals surface area contributed by atoms with Crippen LogP contribution in [0.3, 0.4) is 0 Å². The second-order valence-corrected chi connectivity index (χ2v) is 4.15. The molecule has 1 atom stereocenters. The fourth-order valence-corrected chi connectivity index (χ4v) is 1.90. The third-order valence-corrected chi connectivity index (χ3v) is 3.01. The minimum Gasteiger partial charge on any atom is -0.304 e. The standard InChI is InChI=1S/C10H12N4S/c1-8(10-13-2-3-15-10)14-6-9-4-11-7-12-5-9/h2-5,7-8,14H,6H2,1H3. The van der Waals surface area contributed by atoms with Crippen molar-refractivity contribution >= 4 is 11.3 Å².